The molecule has 0 radical (unpaired) electrons. The number of rotatable bonds is 38. The highest BCUT2D eigenvalue weighted by atomic mass is 16.7. The van der Waals surface area contributed by atoms with Gasteiger partial charge >= 0.3 is 0 Å². The predicted octanol–water partition coefficient (Wildman–Crippen LogP) is 6.32. The number of carbonyl (C=O) groups is 1. The van der Waals surface area contributed by atoms with E-state index in [0.717, 1.165) is 38.5 Å². The predicted molar refractivity (Wildman–Crippen MR) is 249 cm³/mol. The van der Waals surface area contributed by atoms with Crippen molar-refractivity contribution in [1.29, 1.82) is 0 Å². The van der Waals surface area contributed by atoms with Crippen LogP contribution < -0.4 is 5.32 Å². The summed E-state index contributed by atoms with van der Waals surface area (Å²) in [5, 5.41) is 86.6. The van der Waals surface area contributed by atoms with Crippen LogP contribution in [0, 0.1) is 0 Å². The minimum atomic E-state index is -1.79. The Labute approximate surface area is 385 Å². The third-order valence-corrected chi connectivity index (χ3v) is 12.3. The summed E-state index contributed by atoms with van der Waals surface area (Å²) in [5.41, 5.74) is 0. The lowest BCUT2D eigenvalue weighted by atomic mass is 9.97. The van der Waals surface area contributed by atoms with Gasteiger partial charge in [-0.05, 0) is 57.8 Å². The zero-order valence-electron chi connectivity index (χ0n) is 39.5. The van der Waals surface area contributed by atoms with E-state index in [1.807, 2.05) is 6.08 Å². The van der Waals surface area contributed by atoms with Crippen LogP contribution in [0.15, 0.2) is 36.5 Å². The number of carbonyl (C=O) groups excluding carboxylic acids is 1. The molecule has 64 heavy (non-hydrogen) atoms. The number of hydrogen-bond donors (Lipinski definition) is 9. The number of allylic oxidation sites excluding steroid dienone is 5. The first-order valence-electron chi connectivity index (χ1n) is 25.2. The van der Waals surface area contributed by atoms with Crippen molar-refractivity contribution in [2.45, 2.75) is 254 Å². The van der Waals surface area contributed by atoms with E-state index in [-0.39, 0.29) is 18.9 Å². The zero-order valence-corrected chi connectivity index (χ0v) is 39.5. The molecule has 0 aromatic heterocycles. The Hall–Kier alpha value is -1.79. The normalized spacial score (nSPS) is 27.5. The van der Waals surface area contributed by atoms with E-state index < -0.39 is 86.8 Å². The molecule has 2 fully saturated rings. The van der Waals surface area contributed by atoms with Gasteiger partial charge in [0.25, 0.3) is 0 Å². The van der Waals surface area contributed by atoms with Crippen LogP contribution in [0.25, 0.3) is 0 Å². The van der Waals surface area contributed by atoms with Crippen molar-refractivity contribution in [1.82, 2.24) is 5.32 Å². The van der Waals surface area contributed by atoms with E-state index in [1.54, 1.807) is 6.08 Å². The van der Waals surface area contributed by atoms with Crippen molar-refractivity contribution in [3.63, 3.8) is 0 Å². The molecule has 0 aromatic rings. The van der Waals surface area contributed by atoms with E-state index in [4.69, 9.17) is 18.9 Å². The molecule has 0 aromatic carbocycles. The van der Waals surface area contributed by atoms with Crippen LogP contribution in [-0.2, 0) is 23.7 Å². The van der Waals surface area contributed by atoms with Crippen molar-refractivity contribution in [3.8, 4) is 0 Å². The van der Waals surface area contributed by atoms with Gasteiger partial charge in [-0.2, -0.15) is 0 Å². The van der Waals surface area contributed by atoms with Gasteiger partial charge in [0, 0.05) is 6.42 Å². The largest absolute Gasteiger partial charge is 0.394 e. The average molecular weight is 914 g/mol. The fraction of sp³-hybridized carbons (Fsp3) is 0.860. The van der Waals surface area contributed by atoms with Crippen LogP contribution in [0.2, 0.25) is 0 Å². The molecule has 0 bridgehead atoms. The molecule has 0 spiro atoms. The maximum atomic E-state index is 13.2. The quantitative estimate of drug-likeness (QED) is 0.0244. The van der Waals surface area contributed by atoms with Gasteiger partial charge in [0.1, 0.15) is 48.8 Å². The molecule has 14 heteroatoms. The van der Waals surface area contributed by atoms with Gasteiger partial charge in [-0.25, -0.2) is 0 Å². The second-order valence-electron chi connectivity index (χ2n) is 17.9. The molecule has 2 rings (SSSR count). The molecular formula is C50H91NO13. The lowest BCUT2D eigenvalue weighted by Crippen LogP contribution is -2.65. The van der Waals surface area contributed by atoms with Crippen LogP contribution in [0.4, 0.5) is 0 Å². The summed E-state index contributed by atoms with van der Waals surface area (Å²) < 4.78 is 22.6. The summed E-state index contributed by atoms with van der Waals surface area (Å²) in [6.07, 6.45) is 24.7. The topological polar surface area (TPSA) is 228 Å². The van der Waals surface area contributed by atoms with E-state index in [9.17, 15) is 45.6 Å². The Kier molecular flexibility index (Phi) is 33.9. The Morgan fingerprint density at radius 2 is 1.00 bits per heavy atom. The molecule has 14 nitrogen and oxygen atoms in total. The monoisotopic (exact) mass is 914 g/mol. The number of aliphatic hydroxyl groups is 8. The van der Waals surface area contributed by atoms with Gasteiger partial charge in [0.2, 0.25) is 5.91 Å². The standard InChI is InChI=1S/C50H91NO13/c1-3-5-7-9-11-13-15-17-18-19-20-22-24-26-28-30-32-34-42(55)51-38(39(54)33-31-29-27-25-23-21-16-14-12-10-8-6-4-2)37-61-49-47(60)45(58)48(41(36-53)63-49)64-50-46(59)44(57)43(56)40(35-52)62-50/h17-18,23,25,31,33,38-41,43-50,52-54,56-60H,3-16,19-22,24,26-30,32,34-37H2,1-2H3,(H,51,55)/b18-17-,25-23+,33-31+. The number of nitrogens with one attached hydrogen (secondary N) is 1. The first kappa shape index (κ1) is 58.3. The van der Waals surface area contributed by atoms with Gasteiger partial charge in [-0.3, -0.25) is 4.79 Å². The first-order chi connectivity index (χ1) is 31.1. The fourth-order valence-corrected chi connectivity index (χ4v) is 8.12. The summed E-state index contributed by atoms with van der Waals surface area (Å²) in [7, 11) is 0. The summed E-state index contributed by atoms with van der Waals surface area (Å²) in [6, 6.07) is -0.930. The Balaban J connectivity index is 1.87. The minimum absolute atomic E-state index is 0.256. The highest BCUT2D eigenvalue weighted by Crippen LogP contribution is 2.30. The van der Waals surface area contributed by atoms with Crippen molar-refractivity contribution in [3.05, 3.63) is 36.5 Å². The molecular weight excluding hydrogens is 823 g/mol. The van der Waals surface area contributed by atoms with Gasteiger partial charge in [0.05, 0.1) is 32.0 Å². The van der Waals surface area contributed by atoms with Crippen molar-refractivity contribution < 1.29 is 64.6 Å². The van der Waals surface area contributed by atoms with Gasteiger partial charge in [0.15, 0.2) is 12.6 Å². The zero-order chi connectivity index (χ0) is 46.8. The smallest absolute Gasteiger partial charge is 0.220 e. The summed E-state index contributed by atoms with van der Waals surface area (Å²) >= 11 is 0. The van der Waals surface area contributed by atoms with Gasteiger partial charge in [-0.15, -0.1) is 0 Å². The molecule has 9 N–H and O–H groups in total. The van der Waals surface area contributed by atoms with Crippen LogP contribution in [-0.4, -0.2) is 140 Å². The highest BCUT2D eigenvalue weighted by molar-refractivity contribution is 5.76. The van der Waals surface area contributed by atoms with Crippen molar-refractivity contribution in [2.75, 3.05) is 19.8 Å². The molecule has 12 atom stereocenters. The minimum Gasteiger partial charge on any atom is -0.394 e. The van der Waals surface area contributed by atoms with Gasteiger partial charge < -0.3 is 65.1 Å². The molecule has 12 unspecified atom stereocenters. The number of hydrogen-bond acceptors (Lipinski definition) is 13. The summed E-state index contributed by atoms with van der Waals surface area (Å²) in [5.74, 6) is -0.256. The van der Waals surface area contributed by atoms with Gasteiger partial charge in [-0.1, -0.05) is 153 Å². The van der Waals surface area contributed by atoms with E-state index >= 15 is 0 Å². The Bertz CT molecular complexity index is 1220. The van der Waals surface area contributed by atoms with Crippen LogP contribution >= 0.6 is 0 Å². The molecule has 1 amide bonds. The van der Waals surface area contributed by atoms with Crippen LogP contribution in [0.5, 0.6) is 0 Å². The maximum Gasteiger partial charge on any atom is 0.220 e. The molecule has 374 valence electrons. The molecule has 2 heterocycles. The average Bonchev–Trinajstić information content (AvgIpc) is 3.29. The van der Waals surface area contributed by atoms with Crippen LogP contribution in [0.1, 0.15) is 181 Å². The van der Waals surface area contributed by atoms with Crippen molar-refractivity contribution >= 4 is 5.91 Å². The Morgan fingerprint density at radius 3 is 1.53 bits per heavy atom. The molecule has 2 aliphatic heterocycles. The van der Waals surface area contributed by atoms with E-state index in [2.05, 4.69) is 43.5 Å². The second-order valence-corrected chi connectivity index (χ2v) is 17.9. The molecule has 0 aliphatic carbocycles. The number of amides is 1. The lowest BCUT2D eigenvalue weighted by molar-refractivity contribution is -0.359. The highest BCUT2D eigenvalue weighted by Gasteiger charge is 2.51. The van der Waals surface area contributed by atoms with E-state index in [0.29, 0.717) is 12.8 Å². The molecule has 2 saturated heterocycles. The SMILES string of the molecule is CCCCCCCC/C=C\CCCCCCCCCC(=O)NC(COC1OC(CO)C(OC2OC(CO)C(O)C(O)C2O)C(O)C1O)C(O)/C=C/CC/C=C/CCCCCCCCC. The molecule has 2 aliphatic rings. The summed E-state index contributed by atoms with van der Waals surface area (Å²) in [4.78, 5) is 13.2. The lowest BCUT2D eigenvalue weighted by Gasteiger charge is -2.46. The number of unbranched alkanes of at least 4 members (excludes halogenated alkanes) is 21. The third kappa shape index (κ3) is 24.3. The Morgan fingerprint density at radius 1 is 0.547 bits per heavy atom. The molecule has 0 saturated carbocycles. The number of aliphatic hydroxyl groups excluding tert-OH is 8. The van der Waals surface area contributed by atoms with Crippen LogP contribution in [0.3, 0.4) is 0 Å². The van der Waals surface area contributed by atoms with Crippen molar-refractivity contribution in [2.24, 2.45) is 0 Å². The fourth-order valence-electron chi connectivity index (χ4n) is 8.12. The second kappa shape index (κ2) is 37.2. The first-order valence-corrected chi connectivity index (χ1v) is 25.2. The summed E-state index contributed by atoms with van der Waals surface area (Å²) in [6.45, 7) is 2.74. The third-order valence-electron chi connectivity index (χ3n) is 12.3. The number of ether oxygens (including phenoxy) is 4. The maximum absolute atomic E-state index is 13.2. The van der Waals surface area contributed by atoms with E-state index in [1.165, 1.54) is 109 Å².